The first-order valence-corrected chi connectivity index (χ1v) is 6.45. The highest BCUT2D eigenvalue weighted by Gasteiger charge is 2.29. The van der Waals surface area contributed by atoms with Crippen molar-refractivity contribution in [1.82, 2.24) is 0 Å². The largest absolute Gasteiger partial charge is 0.416 e. The SMILES string of the molecule is Cc1ccc(C(N)Cc2ccc(C(F)(F)F)cc2)cc1F. The molecule has 1 atom stereocenters. The molecule has 0 saturated heterocycles. The summed E-state index contributed by atoms with van der Waals surface area (Å²) in [5.41, 5.74) is 7.12. The lowest BCUT2D eigenvalue weighted by molar-refractivity contribution is -0.137. The van der Waals surface area contributed by atoms with E-state index in [-0.39, 0.29) is 5.82 Å². The lowest BCUT2D eigenvalue weighted by Gasteiger charge is -2.14. The topological polar surface area (TPSA) is 26.0 Å². The van der Waals surface area contributed by atoms with E-state index in [0.717, 1.165) is 12.1 Å². The predicted octanol–water partition coefficient (Wildman–Crippen LogP) is 4.40. The fourth-order valence-corrected chi connectivity index (χ4v) is 2.04. The van der Waals surface area contributed by atoms with Gasteiger partial charge in [-0.05, 0) is 48.2 Å². The summed E-state index contributed by atoms with van der Waals surface area (Å²) in [6.45, 7) is 1.65. The van der Waals surface area contributed by atoms with E-state index >= 15 is 0 Å². The van der Waals surface area contributed by atoms with Crippen LogP contribution in [0.15, 0.2) is 42.5 Å². The van der Waals surface area contributed by atoms with Crippen molar-refractivity contribution in [2.24, 2.45) is 5.73 Å². The van der Waals surface area contributed by atoms with Gasteiger partial charge in [0.2, 0.25) is 0 Å². The minimum absolute atomic E-state index is 0.338. The van der Waals surface area contributed by atoms with Gasteiger partial charge in [0.25, 0.3) is 0 Å². The zero-order valence-corrected chi connectivity index (χ0v) is 11.4. The Labute approximate surface area is 120 Å². The highest BCUT2D eigenvalue weighted by molar-refractivity contribution is 5.29. The average molecular weight is 297 g/mol. The number of hydrogen-bond donors (Lipinski definition) is 1. The van der Waals surface area contributed by atoms with Crippen molar-refractivity contribution in [2.75, 3.05) is 0 Å². The van der Waals surface area contributed by atoms with Crippen LogP contribution in [-0.2, 0) is 12.6 Å². The van der Waals surface area contributed by atoms with Crippen molar-refractivity contribution in [3.05, 3.63) is 70.5 Å². The third-order valence-electron chi connectivity index (χ3n) is 3.36. The Bertz CT molecular complexity index is 617. The van der Waals surface area contributed by atoms with Gasteiger partial charge in [-0.25, -0.2) is 4.39 Å². The van der Waals surface area contributed by atoms with Crippen molar-refractivity contribution in [1.29, 1.82) is 0 Å². The minimum atomic E-state index is -4.35. The molecule has 0 bridgehead atoms. The standard InChI is InChI=1S/C16H15F4N/c1-10-2-5-12(9-14(10)17)15(21)8-11-3-6-13(7-4-11)16(18,19)20/h2-7,9,15H,8,21H2,1H3. The number of rotatable bonds is 3. The van der Waals surface area contributed by atoms with E-state index in [0.29, 0.717) is 23.1 Å². The van der Waals surface area contributed by atoms with Crippen molar-refractivity contribution in [2.45, 2.75) is 25.6 Å². The summed E-state index contributed by atoms with van der Waals surface area (Å²) in [6, 6.07) is 9.11. The first-order chi connectivity index (χ1) is 9.77. The summed E-state index contributed by atoms with van der Waals surface area (Å²) >= 11 is 0. The second kappa shape index (κ2) is 5.85. The molecule has 0 fully saturated rings. The quantitative estimate of drug-likeness (QED) is 0.835. The van der Waals surface area contributed by atoms with Crippen LogP contribution in [0.25, 0.3) is 0 Å². The van der Waals surface area contributed by atoms with Gasteiger partial charge < -0.3 is 5.73 Å². The molecule has 0 spiro atoms. The summed E-state index contributed by atoms with van der Waals surface area (Å²) in [5.74, 6) is -0.338. The lowest BCUT2D eigenvalue weighted by atomic mass is 9.98. The molecule has 5 heteroatoms. The zero-order valence-electron chi connectivity index (χ0n) is 11.4. The maximum Gasteiger partial charge on any atom is 0.416 e. The molecule has 112 valence electrons. The van der Waals surface area contributed by atoms with Gasteiger partial charge in [-0.3, -0.25) is 0 Å². The maximum absolute atomic E-state index is 13.5. The van der Waals surface area contributed by atoms with Crippen LogP contribution in [0.1, 0.15) is 28.3 Å². The van der Waals surface area contributed by atoms with Gasteiger partial charge in [-0.2, -0.15) is 13.2 Å². The van der Waals surface area contributed by atoms with Gasteiger partial charge in [-0.15, -0.1) is 0 Å². The van der Waals surface area contributed by atoms with Gasteiger partial charge in [0.05, 0.1) is 5.56 Å². The van der Waals surface area contributed by atoms with Crippen LogP contribution >= 0.6 is 0 Å². The van der Waals surface area contributed by atoms with Crippen LogP contribution in [0.4, 0.5) is 17.6 Å². The van der Waals surface area contributed by atoms with Crippen LogP contribution < -0.4 is 5.73 Å². The Morgan fingerprint density at radius 3 is 2.19 bits per heavy atom. The molecule has 0 aliphatic rings. The van der Waals surface area contributed by atoms with E-state index in [1.165, 1.54) is 18.2 Å². The fraction of sp³-hybridized carbons (Fsp3) is 0.250. The number of benzene rings is 2. The molecule has 21 heavy (non-hydrogen) atoms. The van der Waals surface area contributed by atoms with Gasteiger partial charge in [0.15, 0.2) is 0 Å². The van der Waals surface area contributed by atoms with Crippen LogP contribution in [0, 0.1) is 12.7 Å². The number of aryl methyl sites for hydroxylation is 1. The van der Waals surface area contributed by atoms with Crippen molar-refractivity contribution >= 4 is 0 Å². The van der Waals surface area contributed by atoms with Gasteiger partial charge in [-0.1, -0.05) is 24.3 Å². The molecular formula is C16H15F4N. The molecule has 0 aliphatic heterocycles. The molecule has 1 unspecified atom stereocenters. The molecule has 2 aromatic carbocycles. The Morgan fingerprint density at radius 1 is 1.05 bits per heavy atom. The van der Waals surface area contributed by atoms with E-state index < -0.39 is 17.8 Å². The molecule has 0 heterocycles. The zero-order chi connectivity index (χ0) is 15.6. The molecule has 0 radical (unpaired) electrons. The highest BCUT2D eigenvalue weighted by Crippen LogP contribution is 2.29. The number of halogens is 4. The first-order valence-electron chi connectivity index (χ1n) is 6.45. The van der Waals surface area contributed by atoms with Crippen molar-refractivity contribution in [3.8, 4) is 0 Å². The Balaban J connectivity index is 2.12. The highest BCUT2D eigenvalue weighted by atomic mass is 19.4. The third-order valence-corrected chi connectivity index (χ3v) is 3.36. The van der Waals surface area contributed by atoms with E-state index in [1.54, 1.807) is 19.1 Å². The summed E-state index contributed by atoms with van der Waals surface area (Å²) in [4.78, 5) is 0. The predicted molar refractivity (Wildman–Crippen MR) is 73.2 cm³/mol. The van der Waals surface area contributed by atoms with Crippen LogP contribution in [0.3, 0.4) is 0 Å². The number of nitrogens with two attached hydrogens (primary N) is 1. The first kappa shape index (κ1) is 15.5. The second-order valence-electron chi connectivity index (χ2n) is 5.01. The van der Waals surface area contributed by atoms with Crippen LogP contribution in [-0.4, -0.2) is 0 Å². The minimum Gasteiger partial charge on any atom is -0.324 e. The molecule has 0 amide bonds. The fourth-order valence-electron chi connectivity index (χ4n) is 2.04. The second-order valence-corrected chi connectivity index (χ2v) is 5.01. The van der Waals surface area contributed by atoms with E-state index in [4.69, 9.17) is 5.73 Å². The Hall–Kier alpha value is -1.88. The summed E-state index contributed by atoms with van der Waals surface area (Å²) in [5, 5.41) is 0. The number of alkyl halides is 3. The van der Waals surface area contributed by atoms with Gasteiger partial charge >= 0.3 is 6.18 Å². The summed E-state index contributed by atoms with van der Waals surface area (Å²) < 4.78 is 50.9. The van der Waals surface area contributed by atoms with Gasteiger partial charge in [0.1, 0.15) is 5.82 Å². The van der Waals surface area contributed by atoms with E-state index in [2.05, 4.69) is 0 Å². The van der Waals surface area contributed by atoms with E-state index in [1.807, 2.05) is 0 Å². The monoisotopic (exact) mass is 297 g/mol. The number of hydrogen-bond acceptors (Lipinski definition) is 1. The smallest absolute Gasteiger partial charge is 0.324 e. The third kappa shape index (κ3) is 3.82. The molecule has 2 aromatic rings. The summed E-state index contributed by atoms with van der Waals surface area (Å²) in [7, 11) is 0. The normalized spacial score (nSPS) is 13.2. The van der Waals surface area contributed by atoms with Crippen LogP contribution in [0.5, 0.6) is 0 Å². The molecule has 2 N–H and O–H groups in total. The maximum atomic E-state index is 13.5. The lowest BCUT2D eigenvalue weighted by Crippen LogP contribution is -2.14. The average Bonchev–Trinajstić information content (AvgIpc) is 2.41. The van der Waals surface area contributed by atoms with E-state index in [9.17, 15) is 17.6 Å². The molecular weight excluding hydrogens is 282 g/mol. The molecule has 2 rings (SSSR count). The molecule has 0 aliphatic carbocycles. The van der Waals surface area contributed by atoms with Gasteiger partial charge in [0, 0.05) is 6.04 Å². The summed E-state index contributed by atoms with van der Waals surface area (Å²) in [6.07, 6.45) is -4.00. The molecule has 1 nitrogen and oxygen atoms in total. The van der Waals surface area contributed by atoms with Crippen molar-refractivity contribution < 1.29 is 17.6 Å². The Morgan fingerprint density at radius 2 is 1.67 bits per heavy atom. The molecule has 0 aromatic heterocycles. The molecule has 0 saturated carbocycles. The van der Waals surface area contributed by atoms with Crippen molar-refractivity contribution in [3.63, 3.8) is 0 Å². The Kier molecular flexibility index (Phi) is 4.32. The van der Waals surface area contributed by atoms with Crippen LogP contribution in [0.2, 0.25) is 0 Å².